The van der Waals surface area contributed by atoms with E-state index in [0.29, 0.717) is 15.1 Å². The highest BCUT2D eigenvalue weighted by atomic mass is 127. The maximum Gasteiger partial charge on any atom is 0.281 e. The van der Waals surface area contributed by atoms with Crippen molar-refractivity contribution >= 4 is 77.6 Å². The molecule has 2 aromatic heterocycles. The summed E-state index contributed by atoms with van der Waals surface area (Å²) < 4.78 is 3.94. The van der Waals surface area contributed by atoms with Gasteiger partial charge in [0.1, 0.15) is 3.70 Å². The first-order valence-corrected chi connectivity index (χ1v) is 8.69. The fraction of sp³-hybridized carbons (Fsp3) is 0.0769. The van der Waals surface area contributed by atoms with Crippen LogP contribution >= 0.6 is 61.5 Å². The summed E-state index contributed by atoms with van der Waals surface area (Å²) >= 11 is 13.3. The normalized spacial score (nSPS) is 11.2. The Labute approximate surface area is 146 Å². The van der Waals surface area contributed by atoms with Crippen LogP contribution < -0.4 is 0 Å². The number of rotatable bonds is 1. The van der Waals surface area contributed by atoms with Gasteiger partial charge in [0, 0.05) is 9.35 Å². The molecule has 0 radical (unpaired) electrons. The molecule has 102 valence electrons. The van der Waals surface area contributed by atoms with Crippen LogP contribution in [0.4, 0.5) is 0 Å². The van der Waals surface area contributed by atoms with Crippen LogP contribution in [0.1, 0.15) is 15.2 Å². The molecule has 7 heteroatoms. The van der Waals surface area contributed by atoms with Crippen LogP contribution in [0.25, 0.3) is 10.2 Å². The third kappa shape index (κ3) is 2.32. The van der Waals surface area contributed by atoms with Gasteiger partial charge in [0.15, 0.2) is 0 Å². The molecule has 3 nitrogen and oxygen atoms in total. The lowest BCUT2D eigenvalue weighted by Crippen LogP contribution is -2.14. The third-order valence-electron chi connectivity index (χ3n) is 2.81. The van der Waals surface area contributed by atoms with E-state index in [9.17, 15) is 4.79 Å². The first-order chi connectivity index (χ1) is 9.49. The van der Waals surface area contributed by atoms with E-state index in [0.717, 1.165) is 18.8 Å². The number of carbonyl (C=O) groups excluding carboxylic acids is 1. The van der Waals surface area contributed by atoms with E-state index in [-0.39, 0.29) is 5.91 Å². The molecular weight excluding hydrogens is 474 g/mol. The van der Waals surface area contributed by atoms with Crippen molar-refractivity contribution in [2.45, 2.75) is 6.92 Å². The monoisotopic (exact) mass is 480 g/mol. The van der Waals surface area contributed by atoms with Crippen molar-refractivity contribution < 1.29 is 4.79 Å². The predicted octanol–water partition coefficient (Wildman–Crippen LogP) is 5.12. The minimum Gasteiger partial charge on any atom is -0.267 e. The van der Waals surface area contributed by atoms with Crippen molar-refractivity contribution in [3.05, 3.63) is 47.9 Å². The summed E-state index contributed by atoms with van der Waals surface area (Å²) in [5, 5.41) is 4.75. The molecule has 0 aliphatic heterocycles. The van der Waals surface area contributed by atoms with E-state index in [1.807, 2.05) is 13.0 Å². The summed E-state index contributed by atoms with van der Waals surface area (Å²) in [5.74, 6) is -0.229. The molecule has 0 fully saturated rings. The second-order valence-corrected chi connectivity index (χ2v) is 7.72. The minimum atomic E-state index is -0.229. The van der Waals surface area contributed by atoms with Crippen LogP contribution in [-0.4, -0.2) is 15.7 Å². The SMILES string of the molecule is Cc1cc2c(s1)c(I)nn2C(=O)c1c(Cl)cccc1Br. The van der Waals surface area contributed by atoms with Crippen molar-refractivity contribution in [2.75, 3.05) is 0 Å². The molecule has 0 spiro atoms. The third-order valence-corrected chi connectivity index (χ3v) is 5.95. The highest BCUT2D eigenvalue weighted by Gasteiger charge is 2.21. The van der Waals surface area contributed by atoms with Crippen molar-refractivity contribution in [3.63, 3.8) is 0 Å². The van der Waals surface area contributed by atoms with Gasteiger partial charge in [0.25, 0.3) is 5.91 Å². The predicted molar refractivity (Wildman–Crippen MR) is 93.9 cm³/mol. The van der Waals surface area contributed by atoms with Gasteiger partial charge >= 0.3 is 0 Å². The smallest absolute Gasteiger partial charge is 0.267 e. The molecule has 0 amide bonds. The van der Waals surface area contributed by atoms with Gasteiger partial charge in [-0.15, -0.1) is 11.3 Å². The van der Waals surface area contributed by atoms with Gasteiger partial charge in [0.2, 0.25) is 0 Å². The van der Waals surface area contributed by atoms with Crippen molar-refractivity contribution in [3.8, 4) is 0 Å². The highest BCUT2D eigenvalue weighted by molar-refractivity contribution is 14.1. The van der Waals surface area contributed by atoms with Crippen LogP contribution in [0.2, 0.25) is 5.02 Å². The van der Waals surface area contributed by atoms with Gasteiger partial charge in [-0.3, -0.25) is 4.79 Å². The quantitative estimate of drug-likeness (QED) is 0.453. The summed E-state index contributed by atoms with van der Waals surface area (Å²) in [7, 11) is 0. The van der Waals surface area contributed by atoms with Crippen molar-refractivity contribution in [2.24, 2.45) is 0 Å². The Balaban J connectivity index is 2.23. The Morgan fingerprint density at radius 1 is 1.50 bits per heavy atom. The zero-order valence-corrected chi connectivity index (χ0v) is 15.5. The zero-order chi connectivity index (χ0) is 14.4. The van der Waals surface area contributed by atoms with E-state index in [1.165, 1.54) is 4.68 Å². The lowest BCUT2D eigenvalue weighted by molar-refractivity contribution is 0.0949. The minimum absolute atomic E-state index is 0.229. The summed E-state index contributed by atoms with van der Waals surface area (Å²) in [4.78, 5) is 13.9. The largest absolute Gasteiger partial charge is 0.281 e. The average molecular weight is 482 g/mol. The van der Waals surface area contributed by atoms with E-state index in [1.54, 1.807) is 29.5 Å². The van der Waals surface area contributed by atoms with Crippen molar-refractivity contribution in [1.29, 1.82) is 0 Å². The Hall–Kier alpha value is -0.440. The summed E-state index contributed by atoms with van der Waals surface area (Å²) in [6.45, 7) is 2.01. The standard InChI is InChI=1S/C13H7BrClIN2OS/c1-6-5-9-11(20-6)12(16)17-18(9)13(19)10-7(14)3-2-4-8(10)15/h2-5H,1H3. The molecule has 2 heterocycles. The molecule has 3 rings (SSSR count). The van der Waals surface area contributed by atoms with E-state index in [2.05, 4.69) is 43.6 Å². The number of nitrogens with zero attached hydrogens (tertiary/aromatic N) is 2. The van der Waals surface area contributed by atoms with Gasteiger partial charge in [-0.25, -0.2) is 0 Å². The van der Waals surface area contributed by atoms with Gasteiger partial charge in [0.05, 0.1) is 20.8 Å². The molecule has 0 saturated heterocycles. The van der Waals surface area contributed by atoms with Crippen LogP contribution in [0, 0.1) is 10.6 Å². The highest BCUT2D eigenvalue weighted by Crippen LogP contribution is 2.31. The fourth-order valence-electron chi connectivity index (χ4n) is 1.96. The number of aromatic nitrogens is 2. The number of fused-ring (bicyclic) bond motifs is 1. The maximum atomic E-state index is 12.7. The molecule has 0 N–H and O–H groups in total. The summed E-state index contributed by atoms with van der Waals surface area (Å²) in [5.41, 5.74) is 1.26. The lowest BCUT2D eigenvalue weighted by atomic mass is 10.2. The number of hydrogen-bond acceptors (Lipinski definition) is 3. The van der Waals surface area contributed by atoms with Crippen LogP contribution in [0.3, 0.4) is 0 Å². The molecule has 0 aliphatic carbocycles. The van der Waals surface area contributed by atoms with E-state index >= 15 is 0 Å². The molecule has 0 aliphatic rings. The maximum absolute atomic E-state index is 12.7. The molecule has 0 saturated carbocycles. The molecule has 1 aromatic carbocycles. The molecule has 0 bridgehead atoms. The zero-order valence-electron chi connectivity index (χ0n) is 10.2. The molecular formula is C13H7BrClIN2OS. The Morgan fingerprint density at radius 3 is 2.95 bits per heavy atom. The molecule has 3 aromatic rings. The van der Waals surface area contributed by atoms with Gasteiger partial charge < -0.3 is 0 Å². The Morgan fingerprint density at radius 2 is 2.25 bits per heavy atom. The first kappa shape index (κ1) is 14.5. The number of carbonyl (C=O) groups is 1. The van der Waals surface area contributed by atoms with Crippen LogP contribution in [0.15, 0.2) is 28.7 Å². The van der Waals surface area contributed by atoms with Crippen LogP contribution in [0.5, 0.6) is 0 Å². The second kappa shape index (κ2) is 5.40. The number of halogens is 3. The number of hydrogen-bond donors (Lipinski definition) is 0. The number of benzene rings is 1. The summed E-state index contributed by atoms with van der Waals surface area (Å²) in [6.07, 6.45) is 0. The Kier molecular flexibility index (Phi) is 3.91. The van der Waals surface area contributed by atoms with Crippen molar-refractivity contribution in [1.82, 2.24) is 9.78 Å². The van der Waals surface area contributed by atoms with E-state index in [4.69, 9.17) is 11.6 Å². The number of thiophene rings is 1. The average Bonchev–Trinajstić information content (AvgIpc) is 2.89. The number of aryl methyl sites for hydroxylation is 1. The topological polar surface area (TPSA) is 34.9 Å². The molecule has 0 atom stereocenters. The molecule has 0 unspecified atom stereocenters. The van der Waals surface area contributed by atoms with E-state index < -0.39 is 0 Å². The Bertz CT molecular complexity index is 822. The summed E-state index contributed by atoms with van der Waals surface area (Å²) in [6, 6.07) is 7.26. The van der Waals surface area contributed by atoms with Gasteiger partial charge in [-0.2, -0.15) is 9.78 Å². The first-order valence-electron chi connectivity index (χ1n) is 5.62. The fourth-order valence-corrected chi connectivity index (χ4v) is 4.55. The van der Waals surface area contributed by atoms with Gasteiger partial charge in [-0.1, -0.05) is 17.7 Å². The molecule has 20 heavy (non-hydrogen) atoms. The lowest BCUT2D eigenvalue weighted by Gasteiger charge is -2.06. The van der Waals surface area contributed by atoms with Gasteiger partial charge in [-0.05, 0) is 63.6 Å². The van der Waals surface area contributed by atoms with Crippen LogP contribution in [-0.2, 0) is 0 Å². The second-order valence-electron chi connectivity index (χ2n) is 4.18.